The predicted octanol–water partition coefficient (Wildman–Crippen LogP) is 1.45. The lowest BCUT2D eigenvalue weighted by Crippen LogP contribution is -2.16. The first-order chi connectivity index (χ1) is 9.60. The van der Waals surface area contributed by atoms with Gasteiger partial charge in [-0.3, -0.25) is 0 Å². The molecule has 0 aliphatic heterocycles. The summed E-state index contributed by atoms with van der Waals surface area (Å²) in [5.74, 6) is -0.00912. The van der Waals surface area contributed by atoms with Gasteiger partial charge in [0.25, 0.3) is 0 Å². The molecule has 0 radical (unpaired) electrons. The van der Waals surface area contributed by atoms with E-state index in [2.05, 4.69) is 0 Å². The van der Waals surface area contributed by atoms with E-state index in [-0.39, 0.29) is 6.61 Å². The van der Waals surface area contributed by atoms with Gasteiger partial charge < -0.3 is 24.1 Å². The van der Waals surface area contributed by atoms with Crippen LogP contribution < -0.4 is 9.47 Å². The van der Waals surface area contributed by atoms with Crippen LogP contribution in [0.4, 0.5) is 0 Å². The lowest BCUT2D eigenvalue weighted by atomic mass is 10.0. The average molecular weight is 284 g/mol. The molecular weight excluding hydrogens is 264 g/mol. The Hall–Kier alpha value is -1.79. The van der Waals surface area contributed by atoms with Crippen molar-refractivity contribution in [2.45, 2.75) is 19.6 Å². The van der Waals surface area contributed by atoms with E-state index < -0.39 is 12.1 Å². The van der Waals surface area contributed by atoms with E-state index in [0.717, 1.165) is 5.56 Å². The van der Waals surface area contributed by atoms with E-state index in [0.29, 0.717) is 23.7 Å². The zero-order valence-corrected chi connectivity index (χ0v) is 12.1. The number of rotatable bonds is 7. The molecule has 1 aromatic rings. The summed E-state index contributed by atoms with van der Waals surface area (Å²) in [5.41, 5.74) is 1.05. The minimum Gasteiger partial charge on any atom is -0.492 e. The summed E-state index contributed by atoms with van der Waals surface area (Å²) in [6.07, 6.45) is -1.42. The molecule has 1 atom stereocenters. The summed E-state index contributed by atoms with van der Waals surface area (Å²) in [6.45, 7) is 2.19. The SMILES string of the molecule is CCOC(=O)C(O)c1ccc(COC)c(OC)c1OC. The maximum Gasteiger partial charge on any atom is 0.339 e. The highest BCUT2D eigenvalue weighted by Gasteiger charge is 2.26. The van der Waals surface area contributed by atoms with Crippen LogP contribution in [0.5, 0.6) is 11.5 Å². The van der Waals surface area contributed by atoms with Crippen molar-refractivity contribution in [2.24, 2.45) is 0 Å². The van der Waals surface area contributed by atoms with E-state index in [9.17, 15) is 9.90 Å². The predicted molar refractivity (Wildman–Crippen MR) is 71.9 cm³/mol. The second-order valence-electron chi connectivity index (χ2n) is 3.97. The van der Waals surface area contributed by atoms with Crippen LogP contribution >= 0.6 is 0 Å². The standard InChI is InChI=1S/C14H20O6/c1-5-20-14(16)11(15)10-7-6-9(8-17-2)12(18-3)13(10)19-4/h6-7,11,15H,5,8H2,1-4H3. The highest BCUT2D eigenvalue weighted by atomic mass is 16.5. The molecule has 1 aromatic carbocycles. The molecule has 20 heavy (non-hydrogen) atoms. The van der Waals surface area contributed by atoms with Gasteiger partial charge in [-0.05, 0) is 6.92 Å². The maximum atomic E-state index is 11.6. The van der Waals surface area contributed by atoms with Crippen LogP contribution in [0, 0.1) is 0 Å². The monoisotopic (exact) mass is 284 g/mol. The van der Waals surface area contributed by atoms with Crippen molar-refractivity contribution in [3.05, 3.63) is 23.3 Å². The van der Waals surface area contributed by atoms with E-state index in [1.54, 1.807) is 26.2 Å². The maximum absolute atomic E-state index is 11.6. The molecule has 1 unspecified atom stereocenters. The first-order valence-electron chi connectivity index (χ1n) is 6.18. The Bertz CT molecular complexity index is 457. The van der Waals surface area contributed by atoms with E-state index in [1.807, 2.05) is 0 Å². The molecule has 0 aliphatic rings. The molecule has 1 rings (SSSR count). The summed E-state index contributed by atoms with van der Waals surface area (Å²) in [4.78, 5) is 11.6. The molecule has 0 spiro atoms. The van der Waals surface area contributed by atoms with Crippen LogP contribution in [0.2, 0.25) is 0 Å². The topological polar surface area (TPSA) is 74.2 Å². The van der Waals surface area contributed by atoms with E-state index >= 15 is 0 Å². The van der Waals surface area contributed by atoms with Gasteiger partial charge >= 0.3 is 5.97 Å². The third kappa shape index (κ3) is 3.40. The third-order valence-corrected chi connectivity index (χ3v) is 2.74. The number of esters is 1. The second kappa shape index (κ2) is 7.72. The highest BCUT2D eigenvalue weighted by molar-refractivity contribution is 5.78. The van der Waals surface area contributed by atoms with Crippen molar-refractivity contribution in [3.8, 4) is 11.5 Å². The number of aliphatic hydroxyl groups excluding tert-OH is 1. The molecule has 6 nitrogen and oxygen atoms in total. The van der Waals surface area contributed by atoms with Gasteiger partial charge in [0.2, 0.25) is 0 Å². The van der Waals surface area contributed by atoms with Gasteiger partial charge in [0, 0.05) is 18.2 Å². The van der Waals surface area contributed by atoms with E-state index in [1.165, 1.54) is 14.2 Å². The van der Waals surface area contributed by atoms with Crippen molar-refractivity contribution in [1.82, 2.24) is 0 Å². The number of methoxy groups -OCH3 is 3. The number of hydrogen-bond donors (Lipinski definition) is 1. The van der Waals surface area contributed by atoms with Crippen LogP contribution in [0.3, 0.4) is 0 Å². The first-order valence-corrected chi connectivity index (χ1v) is 6.18. The molecule has 1 N–H and O–H groups in total. The number of hydrogen-bond acceptors (Lipinski definition) is 6. The van der Waals surface area contributed by atoms with Crippen molar-refractivity contribution in [2.75, 3.05) is 27.9 Å². The largest absolute Gasteiger partial charge is 0.492 e. The Morgan fingerprint density at radius 3 is 2.35 bits per heavy atom. The summed E-state index contributed by atoms with van der Waals surface area (Å²) < 4.78 is 20.4. The summed E-state index contributed by atoms with van der Waals surface area (Å²) in [6, 6.07) is 3.31. The minimum atomic E-state index is -1.42. The van der Waals surface area contributed by atoms with Gasteiger partial charge in [0.15, 0.2) is 17.6 Å². The second-order valence-corrected chi connectivity index (χ2v) is 3.97. The van der Waals surface area contributed by atoms with Crippen LogP contribution in [0.15, 0.2) is 12.1 Å². The van der Waals surface area contributed by atoms with Gasteiger partial charge in [0.1, 0.15) is 0 Å². The smallest absolute Gasteiger partial charge is 0.339 e. The molecule has 0 amide bonds. The van der Waals surface area contributed by atoms with Crippen LogP contribution in [0.1, 0.15) is 24.2 Å². The fraction of sp³-hybridized carbons (Fsp3) is 0.500. The molecule has 0 aromatic heterocycles. The Balaban J connectivity index is 3.23. The third-order valence-electron chi connectivity index (χ3n) is 2.74. The van der Waals surface area contributed by atoms with Crippen molar-refractivity contribution < 1.29 is 28.8 Å². The molecule has 0 saturated carbocycles. The minimum absolute atomic E-state index is 0.192. The zero-order chi connectivity index (χ0) is 15.1. The van der Waals surface area contributed by atoms with Gasteiger partial charge in [-0.25, -0.2) is 4.79 Å². The molecule has 112 valence electrons. The Morgan fingerprint density at radius 1 is 1.20 bits per heavy atom. The van der Waals surface area contributed by atoms with Crippen molar-refractivity contribution >= 4 is 5.97 Å². The molecule has 0 aliphatic carbocycles. The Kier molecular flexibility index (Phi) is 6.27. The highest BCUT2D eigenvalue weighted by Crippen LogP contribution is 2.38. The number of benzene rings is 1. The summed E-state index contributed by atoms with van der Waals surface area (Å²) in [5, 5.41) is 10.0. The molecule has 0 heterocycles. The lowest BCUT2D eigenvalue weighted by Gasteiger charge is -2.18. The van der Waals surface area contributed by atoms with Crippen molar-refractivity contribution in [1.29, 1.82) is 0 Å². The molecule has 0 bridgehead atoms. The molecular formula is C14H20O6. The lowest BCUT2D eigenvalue weighted by molar-refractivity contribution is -0.153. The van der Waals surface area contributed by atoms with Crippen molar-refractivity contribution in [3.63, 3.8) is 0 Å². The quantitative estimate of drug-likeness (QED) is 0.764. The summed E-state index contributed by atoms with van der Waals surface area (Å²) in [7, 11) is 4.49. The Labute approximate surface area is 118 Å². The number of carbonyl (C=O) groups excluding carboxylic acids is 1. The normalized spacial score (nSPS) is 11.8. The zero-order valence-electron chi connectivity index (χ0n) is 12.1. The van der Waals surface area contributed by atoms with E-state index in [4.69, 9.17) is 18.9 Å². The number of aliphatic hydroxyl groups is 1. The van der Waals surface area contributed by atoms with Gasteiger partial charge in [-0.15, -0.1) is 0 Å². The fourth-order valence-electron chi connectivity index (χ4n) is 1.89. The van der Waals surface area contributed by atoms with Gasteiger partial charge in [-0.2, -0.15) is 0 Å². The van der Waals surface area contributed by atoms with Gasteiger partial charge in [0.05, 0.1) is 27.4 Å². The number of carbonyl (C=O) groups is 1. The van der Waals surface area contributed by atoms with Crippen LogP contribution in [0.25, 0.3) is 0 Å². The molecule has 6 heteroatoms. The van der Waals surface area contributed by atoms with Gasteiger partial charge in [-0.1, -0.05) is 12.1 Å². The van der Waals surface area contributed by atoms with Crippen LogP contribution in [-0.4, -0.2) is 39.0 Å². The summed E-state index contributed by atoms with van der Waals surface area (Å²) >= 11 is 0. The first kappa shape index (κ1) is 16.3. The number of ether oxygens (including phenoxy) is 4. The fourth-order valence-corrected chi connectivity index (χ4v) is 1.89. The van der Waals surface area contributed by atoms with Crippen LogP contribution in [-0.2, 0) is 20.9 Å². The average Bonchev–Trinajstić information content (AvgIpc) is 2.46. The molecule has 0 saturated heterocycles. The molecule has 0 fully saturated rings. The Morgan fingerprint density at radius 2 is 1.85 bits per heavy atom.